The van der Waals surface area contributed by atoms with Gasteiger partial charge in [-0.15, -0.1) is 22.7 Å². The van der Waals surface area contributed by atoms with Crippen LogP contribution in [0.2, 0.25) is 0 Å². The van der Waals surface area contributed by atoms with Crippen LogP contribution in [-0.4, -0.2) is 15.9 Å². The number of anilines is 1. The minimum absolute atomic E-state index is 0.182. The van der Waals surface area contributed by atoms with E-state index in [4.69, 9.17) is 0 Å². The van der Waals surface area contributed by atoms with E-state index in [-0.39, 0.29) is 5.91 Å². The van der Waals surface area contributed by atoms with Crippen molar-refractivity contribution in [3.63, 3.8) is 0 Å². The molecule has 7 heteroatoms. The number of aromatic nitrogens is 2. The molecule has 0 aliphatic heterocycles. The van der Waals surface area contributed by atoms with Gasteiger partial charge in [0, 0.05) is 22.0 Å². The zero-order chi connectivity index (χ0) is 17.4. The average Bonchev–Trinajstić information content (AvgIpc) is 3.23. The number of pyridine rings is 1. The molecule has 4 aromatic rings. The number of rotatable bonds is 3. The van der Waals surface area contributed by atoms with Gasteiger partial charge in [-0.05, 0) is 53.2 Å². The van der Waals surface area contributed by atoms with E-state index < -0.39 is 0 Å². The zero-order valence-electron chi connectivity index (χ0n) is 13.1. The molecule has 0 bridgehead atoms. The summed E-state index contributed by atoms with van der Waals surface area (Å²) in [7, 11) is 0. The number of carbonyl (C=O) groups is 1. The molecule has 1 aromatic carbocycles. The zero-order valence-corrected chi connectivity index (χ0v) is 16.3. The van der Waals surface area contributed by atoms with Crippen molar-refractivity contribution in [2.75, 3.05) is 5.32 Å². The molecule has 0 atom stereocenters. The van der Waals surface area contributed by atoms with Crippen LogP contribution in [0.5, 0.6) is 0 Å². The molecular weight excluding hydrogens is 418 g/mol. The third kappa shape index (κ3) is 3.49. The smallest absolute Gasteiger partial charge is 0.257 e. The van der Waals surface area contributed by atoms with Crippen molar-refractivity contribution < 1.29 is 4.79 Å². The monoisotopic (exact) mass is 429 g/mol. The molecule has 0 aliphatic carbocycles. The molecular formula is C18H12BrN3OS2. The Kier molecular flexibility index (Phi) is 4.37. The lowest BCUT2D eigenvalue weighted by atomic mass is 10.1. The fraction of sp³-hybridized carbons (Fsp3) is 0.0556. The summed E-state index contributed by atoms with van der Waals surface area (Å²) in [6, 6.07) is 13.5. The maximum Gasteiger partial charge on any atom is 0.257 e. The van der Waals surface area contributed by atoms with Crippen LogP contribution < -0.4 is 5.32 Å². The molecule has 4 rings (SSSR count). The van der Waals surface area contributed by atoms with Gasteiger partial charge in [0.2, 0.25) is 0 Å². The van der Waals surface area contributed by atoms with Crippen LogP contribution in [-0.2, 0) is 0 Å². The van der Waals surface area contributed by atoms with Crippen molar-refractivity contribution in [1.82, 2.24) is 9.97 Å². The van der Waals surface area contributed by atoms with Crippen molar-refractivity contribution in [2.45, 2.75) is 6.92 Å². The summed E-state index contributed by atoms with van der Waals surface area (Å²) in [5.74, 6) is -0.182. The molecule has 0 fully saturated rings. The van der Waals surface area contributed by atoms with Crippen LogP contribution in [0, 0.1) is 6.92 Å². The van der Waals surface area contributed by atoms with E-state index in [0.29, 0.717) is 10.7 Å². The molecule has 1 amide bonds. The van der Waals surface area contributed by atoms with Crippen molar-refractivity contribution in [3.8, 4) is 10.6 Å². The molecule has 25 heavy (non-hydrogen) atoms. The number of halogens is 1. The van der Waals surface area contributed by atoms with Crippen LogP contribution in [0.15, 0.2) is 51.6 Å². The van der Waals surface area contributed by atoms with Gasteiger partial charge in [0.05, 0.1) is 19.9 Å². The predicted octanol–water partition coefficient (Wildman–Crippen LogP) is 5.74. The average molecular weight is 430 g/mol. The standard InChI is InChI=1S/C18H12BrN3OS2/c1-10-2-3-11-4-5-12(8-13(11)20-10)17(23)22-18-21-14(9-24-18)15-6-7-16(19)25-15/h2-9H,1H3,(H,21,22,23). The highest BCUT2D eigenvalue weighted by atomic mass is 79.9. The Bertz CT molecular complexity index is 1090. The Hall–Kier alpha value is -2.09. The number of benzene rings is 1. The molecule has 0 spiro atoms. The minimum atomic E-state index is -0.182. The van der Waals surface area contributed by atoms with Crippen molar-refractivity contribution in [1.29, 1.82) is 0 Å². The number of nitrogens with zero attached hydrogens (tertiary/aromatic N) is 2. The summed E-state index contributed by atoms with van der Waals surface area (Å²) < 4.78 is 1.06. The van der Waals surface area contributed by atoms with Crippen molar-refractivity contribution >= 4 is 60.5 Å². The van der Waals surface area contributed by atoms with Crippen molar-refractivity contribution in [3.05, 3.63) is 62.9 Å². The van der Waals surface area contributed by atoms with Crippen LogP contribution in [0.25, 0.3) is 21.5 Å². The van der Waals surface area contributed by atoms with Gasteiger partial charge in [0.1, 0.15) is 0 Å². The number of nitrogens with one attached hydrogen (secondary N) is 1. The van der Waals surface area contributed by atoms with Crippen LogP contribution in [0.1, 0.15) is 16.1 Å². The van der Waals surface area contributed by atoms with E-state index in [1.54, 1.807) is 17.4 Å². The van der Waals surface area contributed by atoms with Crippen LogP contribution in [0.4, 0.5) is 5.13 Å². The van der Waals surface area contributed by atoms with Crippen LogP contribution >= 0.6 is 38.6 Å². The summed E-state index contributed by atoms with van der Waals surface area (Å²) >= 11 is 6.48. The second kappa shape index (κ2) is 6.67. The molecule has 1 N–H and O–H groups in total. The van der Waals surface area contributed by atoms with E-state index >= 15 is 0 Å². The summed E-state index contributed by atoms with van der Waals surface area (Å²) in [5, 5.41) is 6.41. The van der Waals surface area contributed by atoms with Gasteiger partial charge in [-0.1, -0.05) is 12.1 Å². The lowest BCUT2D eigenvalue weighted by Crippen LogP contribution is -2.11. The molecule has 0 unspecified atom stereocenters. The second-order valence-electron chi connectivity index (χ2n) is 5.46. The van der Waals surface area contributed by atoms with Gasteiger partial charge < -0.3 is 0 Å². The lowest BCUT2D eigenvalue weighted by molar-refractivity contribution is 0.102. The number of hydrogen-bond acceptors (Lipinski definition) is 5. The minimum Gasteiger partial charge on any atom is -0.298 e. The number of thiophene rings is 1. The number of carbonyl (C=O) groups excluding carboxylic acids is 1. The number of amides is 1. The first-order valence-electron chi connectivity index (χ1n) is 7.48. The number of aryl methyl sites for hydroxylation is 1. The fourth-order valence-corrected chi connectivity index (χ4v) is 4.55. The first kappa shape index (κ1) is 16.4. The highest BCUT2D eigenvalue weighted by molar-refractivity contribution is 9.11. The number of hydrogen-bond donors (Lipinski definition) is 1. The van der Waals surface area contributed by atoms with Gasteiger partial charge in [0.15, 0.2) is 5.13 Å². The highest BCUT2D eigenvalue weighted by Crippen LogP contribution is 2.33. The Balaban J connectivity index is 1.57. The predicted molar refractivity (Wildman–Crippen MR) is 108 cm³/mol. The Morgan fingerprint density at radius 3 is 2.76 bits per heavy atom. The Morgan fingerprint density at radius 2 is 1.96 bits per heavy atom. The largest absolute Gasteiger partial charge is 0.298 e. The number of fused-ring (bicyclic) bond motifs is 1. The van der Waals surface area contributed by atoms with Crippen molar-refractivity contribution in [2.24, 2.45) is 0 Å². The molecule has 0 radical (unpaired) electrons. The molecule has 4 nitrogen and oxygen atoms in total. The fourth-order valence-electron chi connectivity index (χ4n) is 2.43. The summed E-state index contributed by atoms with van der Waals surface area (Å²) in [4.78, 5) is 22.6. The van der Waals surface area contributed by atoms with Gasteiger partial charge in [-0.3, -0.25) is 15.1 Å². The normalized spacial score (nSPS) is 11.0. The van der Waals surface area contributed by atoms with Gasteiger partial charge in [0.25, 0.3) is 5.91 Å². The maximum atomic E-state index is 12.5. The number of thiazole rings is 1. The topological polar surface area (TPSA) is 54.9 Å². The lowest BCUT2D eigenvalue weighted by Gasteiger charge is -2.04. The summed E-state index contributed by atoms with van der Waals surface area (Å²) in [6.45, 7) is 1.94. The van der Waals surface area contributed by atoms with E-state index in [2.05, 4.69) is 31.2 Å². The third-order valence-corrected chi connectivity index (χ3v) is 6.05. The Labute approximate surface area is 160 Å². The second-order valence-corrected chi connectivity index (χ2v) is 8.78. The summed E-state index contributed by atoms with van der Waals surface area (Å²) in [5.41, 5.74) is 3.18. The van der Waals surface area contributed by atoms with E-state index in [1.807, 2.05) is 48.7 Å². The Morgan fingerprint density at radius 1 is 1.12 bits per heavy atom. The van der Waals surface area contributed by atoms with E-state index in [1.165, 1.54) is 11.3 Å². The van der Waals surface area contributed by atoms with Crippen LogP contribution in [0.3, 0.4) is 0 Å². The molecule has 0 saturated carbocycles. The quantitative estimate of drug-likeness (QED) is 0.451. The maximum absolute atomic E-state index is 12.5. The molecule has 0 aliphatic rings. The molecule has 0 saturated heterocycles. The van der Waals surface area contributed by atoms with Gasteiger partial charge in [-0.2, -0.15) is 0 Å². The SMILES string of the molecule is Cc1ccc2ccc(C(=O)Nc3nc(-c4ccc(Br)s4)cs3)cc2n1. The summed E-state index contributed by atoms with van der Waals surface area (Å²) in [6.07, 6.45) is 0. The molecule has 124 valence electrons. The third-order valence-electron chi connectivity index (χ3n) is 3.64. The molecule has 3 heterocycles. The highest BCUT2D eigenvalue weighted by Gasteiger charge is 2.12. The van der Waals surface area contributed by atoms with Gasteiger partial charge in [-0.25, -0.2) is 4.98 Å². The van der Waals surface area contributed by atoms with E-state index in [9.17, 15) is 4.79 Å². The first-order chi connectivity index (χ1) is 12.1. The first-order valence-corrected chi connectivity index (χ1v) is 9.97. The molecule has 3 aromatic heterocycles. The van der Waals surface area contributed by atoms with E-state index in [0.717, 1.165) is 31.0 Å². The van der Waals surface area contributed by atoms with Gasteiger partial charge >= 0.3 is 0 Å².